The average Bonchev–Trinajstić information content (AvgIpc) is 3.39. The van der Waals surface area contributed by atoms with Crippen LogP contribution in [0, 0.1) is 15.9 Å². The van der Waals surface area contributed by atoms with Crippen molar-refractivity contribution in [2.24, 2.45) is 0 Å². The Kier molecular flexibility index (Phi) is 8.64. The molecule has 5 rings (SSSR count). The van der Waals surface area contributed by atoms with E-state index in [-0.39, 0.29) is 31.3 Å². The first-order valence-corrected chi connectivity index (χ1v) is 13.6. The molecule has 0 aliphatic carbocycles. The summed E-state index contributed by atoms with van der Waals surface area (Å²) in [7, 11) is 0. The van der Waals surface area contributed by atoms with Crippen molar-refractivity contribution in [1.82, 2.24) is 15.2 Å². The fraction of sp³-hybridized carbons (Fsp3) is 0.310. The van der Waals surface area contributed by atoms with E-state index in [0.29, 0.717) is 54.4 Å². The van der Waals surface area contributed by atoms with Gasteiger partial charge in [0, 0.05) is 62.6 Å². The Morgan fingerprint density at radius 2 is 1.86 bits per heavy atom. The molecule has 3 aromatic rings. The number of cyclic esters (lactones) is 1. The Morgan fingerprint density at radius 1 is 1.12 bits per heavy atom. The molecule has 1 atom stereocenters. The standard InChI is InChI=1S/C29H29FN6O7/c1-19(37)31-16-24-17-35(29(39)43-24)23-7-8-25(26(30)14-23)21-4-9-27(32-15-21)33-10-12-34(13-11-33)28(38)42-18-20-2-5-22(6-3-20)36(40)41/h2-9,14-15,24H,10-13,16-18H2,1H3,(H,31,37)/t24-/m0/s1. The number of halogens is 1. The third-order valence-corrected chi connectivity index (χ3v) is 7.15. The summed E-state index contributed by atoms with van der Waals surface area (Å²) in [6.07, 6.45) is -0.0193. The number of carbonyl (C=O) groups is 3. The van der Waals surface area contributed by atoms with E-state index < -0.39 is 29.0 Å². The van der Waals surface area contributed by atoms with Gasteiger partial charge < -0.3 is 24.6 Å². The summed E-state index contributed by atoms with van der Waals surface area (Å²) in [5, 5.41) is 13.4. The summed E-state index contributed by atoms with van der Waals surface area (Å²) in [6.45, 7) is 3.65. The van der Waals surface area contributed by atoms with Crippen LogP contribution < -0.4 is 15.1 Å². The second-order valence-corrected chi connectivity index (χ2v) is 10.1. The minimum Gasteiger partial charge on any atom is -0.445 e. The smallest absolute Gasteiger partial charge is 0.414 e. The van der Waals surface area contributed by atoms with E-state index in [4.69, 9.17) is 9.47 Å². The highest BCUT2D eigenvalue weighted by Crippen LogP contribution is 2.30. The second-order valence-electron chi connectivity index (χ2n) is 10.1. The van der Waals surface area contributed by atoms with Crippen LogP contribution in [0.5, 0.6) is 0 Å². The predicted molar refractivity (Wildman–Crippen MR) is 153 cm³/mol. The van der Waals surface area contributed by atoms with Crippen molar-refractivity contribution in [3.8, 4) is 11.1 Å². The maximum atomic E-state index is 15.1. The number of nitrogens with one attached hydrogen (secondary N) is 1. The molecular formula is C29H29FN6O7. The zero-order valence-corrected chi connectivity index (χ0v) is 23.3. The molecule has 13 nitrogen and oxygen atoms in total. The van der Waals surface area contributed by atoms with Gasteiger partial charge in [0.2, 0.25) is 5.91 Å². The summed E-state index contributed by atoms with van der Waals surface area (Å²) in [5.74, 6) is -0.0685. The molecule has 0 saturated carbocycles. The average molecular weight is 593 g/mol. The third-order valence-electron chi connectivity index (χ3n) is 7.15. The van der Waals surface area contributed by atoms with Crippen LogP contribution in [0.25, 0.3) is 11.1 Å². The third kappa shape index (κ3) is 6.97. The molecule has 43 heavy (non-hydrogen) atoms. The molecule has 0 unspecified atom stereocenters. The molecule has 2 fully saturated rings. The number of nitro groups is 1. The highest BCUT2D eigenvalue weighted by molar-refractivity contribution is 5.90. The van der Waals surface area contributed by atoms with Crippen LogP contribution in [0.4, 0.5) is 31.2 Å². The van der Waals surface area contributed by atoms with Gasteiger partial charge >= 0.3 is 12.2 Å². The number of non-ortho nitro benzene ring substituents is 1. The lowest BCUT2D eigenvalue weighted by atomic mass is 10.1. The number of hydrogen-bond acceptors (Lipinski definition) is 9. The molecule has 224 valence electrons. The van der Waals surface area contributed by atoms with Crippen molar-refractivity contribution >= 4 is 35.3 Å². The first-order chi connectivity index (χ1) is 20.7. The van der Waals surface area contributed by atoms with Crippen molar-refractivity contribution < 1.29 is 33.2 Å². The zero-order valence-electron chi connectivity index (χ0n) is 23.3. The Labute approximate surface area is 245 Å². The van der Waals surface area contributed by atoms with Gasteiger partial charge in [-0.25, -0.2) is 19.0 Å². The molecule has 3 heterocycles. The number of aromatic nitrogens is 1. The maximum Gasteiger partial charge on any atom is 0.414 e. The Morgan fingerprint density at radius 3 is 2.49 bits per heavy atom. The minimum atomic E-state index is -0.605. The monoisotopic (exact) mass is 592 g/mol. The number of carbonyl (C=O) groups excluding carboxylic acids is 3. The van der Waals surface area contributed by atoms with Crippen LogP contribution in [0.15, 0.2) is 60.8 Å². The van der Waals surface area contributed by atoms with Crippen LogP contribution >= 0.6 is 0 Å². The molecular weight excluding hydrogens is 563 g/mol. The summed E-state index contributed by atoms with van der Waals surface area (Å²) >= 11 is 0. The molecule has 3 amide bonds. The lowest BCUT2D eigenvalue weighted by Crippen LogP contribution is -2.49. The fourth-order valence-electron chi connectivity index (χ4n) is 4.80. The van der Waals surface area contributed by atoms with Gasteiger partial charge in [0.1, 0.15) is 24.3 Å². The lowest BCUT2D eigenvalue weighted by Gasteiger charge is -2.34. The van der Waals surface area contributed by atoms with E-state index >= 15 is 4.39 Å². The first-order valence-electron chi connectivity index (χ1n) is 13.6. The molecule has 2 aromatic carbocycles. The number of nitro benzene ring substituents is 1. The number of nitrogens with zero attached hydrogens (tertiary/aromatic N) is 5. The molecule has 14 heteroatoms. The van der Waals surface area contributed by atoms with E-state index in [2.05, 4.69) is 10.3 Å². The van der Waals surface area contributed by atoms with Gasteiger partial charge in [-0.1, -0.05) is 0 Å². The maximum absolute atomic E-state index is 15.1. The molecule has 0 bridgehead atoms. The molecule has 1 aromatic heterocycles. The Bertz CT molecular complexity index is 1510. The van der Waals surface area contributed by atoms with Crippen molar-refractivity contribution in [2.75, 3.05) is 49.1 Å². The number of anilines is 2. The van der Waals surface area contributed by atoms with Crippen molar-refractivity contribution in [1.29, 1.82) is 0 Å². The van der Waals surface area contributed by atoms with Gasteiger partial charge in [0.25, 0.3) is 5.69 Å². The van der Waals surface area contributed by atoms with Gasteiger partial charge in [-0.3, -0.25) is 19.8 Å². The predicted octanol–water partition coefficient (Wildman–Crippen LogP) is 3.72. The summed E-state index contributed by atoms with van der Waals surface area (Å²) < 4.78 is 25.7. The van der Waals surface area contributed by atoms with Gasteiger partial charge in [-0.15, -0.1) is 0 Å². The molecule has 0 spiro atoms. The van der Waals surface area contributed by atoms with E-state index in [1.807, 2.05) is 4.90 Å². The van der Waals surface area contributed by atoms with Gasteiger partial charge in [-0.05, 0) is 48.0 Å². The van der Waals surface area contributed by atoms with Gasteiger partial charge in [0.15, 0.2) is 0 Å². The van der Waals surface area contributed by atoms with Crippen molar-refractivity contribution in [3.63, 3.8) is 0 Å². The second kappa shape index (κ2) is 12.7. The first kappa shape index (κ1) is 29.2. The van der Waals surface area contributed by atoms with Crippen LogP contribution in [0.3, 0.4) is 0 Å². The quantitative estimate of drug-likeness (QED) is 0.305. The normalized spacial score (nSPS) is 16.6. The van der Waals surface area contributed by atoms with Crippen molar-refractivity contribution in [2.45, 2.75) is 19.6 Å². The minimum absolute atomic E-state index is 0.0127. The van der Waals surface area contributed by atoms with Crippen molar-refractivity contribution in [3.05, 3.63) is 82.3 Å². The van der Waals surface area contributed by atoms with Crippen LogP contribution in [0.1, 0.15) is 12.5 Å². The Hall–Kier alpha value is -5.27. The number of amides is 3. The van der Waals surface area contributed by atoms with Gasteiger partial charge in [0.05, 0.1) is 23.7 Å². The number of piperazine rings is 1. The van der Waals surface area contributed by atoms with E-state index in [9.17, 15) is 24.5 Å². The Balaban J connectivity index is 1.13. The highest BCUT2D eigenvalue weighted by Gasteiger charge is 2.33. The summed E-state index contributed by atoms with van der Waals surface area (Å²) in [5.41, 5.74) is 1.86. The largest absolute Gasteiger partial charge is 0.445 e. The van der Waals surface area contributed by atoms with Crippen LogP contribution in [-0.2, 0) is 20.9 Å². The molecule has 2 aliphatic rings. The summed E-state index contributed by atoms with van der Waals surface area (Å²) in [4.78, 5) is 55.6. The van der Waals surface area contributed by atoms with Crippen LogP contribution in [-0.4, -0.2) is 78.3 Å². The topological polar surface area (TPSA) is 147 Å². The lowest BCUT2D eigenvalue weighted by molar-refractivity contribution is -0.384. The number of benzene rings is 2. The number of ether oxygens (including phenoxy) is 2. The van der Waals surface area contributed by atoms with E-state index in [1.165, 1.54) is 30.0 Å². The number of rotatable bonds is 8. The van der Waals surface area contributed by atoms with E-state index in [1.54, 1.807) is 47.5 Å². The number of hydrogen-bond donors (Lipinski definition) is 1. The summed E-state index contributed by atoms with van der Waals surface area (Å²) in [6, 6.07) is 13.9. The molecule has 2 aliphatic heterocycles. The molecule has 0 radical (unpaired) electrons. The van der Waals surface area contributed by atoms with Gasteiger partial charge in [-0.2, -0.15) is 0 Å². The number of pyridine rings is 1. The molecule has 1 N–H and O–H groups in total. The zero-order chi connectivity index (χ0) is 30.5. The molecule has 2 saturated heterocycles. The SMILES string of the molecule is CC(=O)NC[C@H]1CN(c2ccc(-c3ccc(N4CCN(C(=O)OCc5ccc([N+](=O)[O-])cc5)CC4)nc3)c(F)c2)C(=O)O1. The van der Waals surface area contributed by atoms with E-state index in [0.717, 1.165) is 0 Å². The fourth-order valence-corrected chi connectivity index (χ4v) is 4.80. The highest BCUT2D eigenvalue weighted by atomic mass is 19.1. The van der Waals surface area contributed by atoms with Crippen LogP contribution in [0.2, 0.25) is 0 Å².